The van der Waals surface area contributed by atoms with Gasteiger partial charge >= 0.3 is 0 Å². The van der Waals surface area contributed by atoms with Crippen molar-refractivity contribution in [3.8, 4) is 0 Å². The molecule has 2 N–H and O–H groups in total. The SMILES string of the molecule is Cc1nc(Nc2ccc(Br)c(C)c2)cc(Nc2cc(C)on2)n1. The molecule has 0 amide bonds. The lowest BCUT2D eigenvalue weighted by Crippen LogP contribution is -2.01. The maximum Gasteiger partial charge on any atom is 0.175 e. The molecule has 0 aliphatic rings. The number of nitrogens with one attached hydrogen (secondary N) is 2. The van der Waals surface area contributed by atoms with Gasteiger partial charge in [0.2, 0.25) is 0 Å². The number of hydrogen-bond acceptors (Lipinski definition) is 6. The summed E-state index contributed by atoms with van der Waals surface area (Å²) in [5, 5.41) is 10.3. The Bertz CT molecular complexity index is 846. The average Bonchev–Trinajstić information content (AvgIpc) is 2.87. The first-order valence-corrected chi connectivity index (χ1v) is 7.88. The molecule has 0 bridgehead atoms. The summed E-state index contributed by atoms with van der Waals surface area (Å²) in [7, 11) is 0. The van der Waals surface area contributed by atoms with E-state index in [2.05, 4.69) is 47.8 Å². The Morgan fingerprint density at radius 3 is 2.30 bits per heavy atom. The van der Waals surface area contributed by atoms with Crippen molar-refractivity contribution in [1.29, 1.82) is 0 Å². The topological polar surface area (TPSA) is 75.9 Å². The van der Waals surface area contributed by atoms with Crippen LogP contribution in [0.3, 0.4) is 0 Å². The summed E-state index contributed by atoms with van der Waals surface area (Å²) < 4.78 is 6.12. The second-order valence-corrected chi connectivity index (χ2v) is 6.08. The molecule has 0 unspecified atom stereocenters. The lowest BCUT2D eigenvalue weighted by molar-refractivity contribution is 0.400. The van der Waals surface area contributed by atoms with Gasteiger partial charge in [0, 0.05) is 22.3 Å². The largest absolute Gasteiger partial charge is 0.360 e. The van der Waals surface area contributed by atoms with Crippen LogP contribution in [0, 0.1) is 20.8 Å². The lowest BCUT2D eigenvalue weighted by Gasteiger charge is -2.10. The van der Waals surface area contributed by atoms with Crippen LogP contribution in [0.2, 0.25) is 0 Å². The highest BCUT2D eigenvalue weighted by Gasteiger charge is 2.06. The van der Waals surface area contributed by atoms with Crippen molar-refractivity contribution in [2.45, 2.75) is 20.8 Å². The van der Waals surface area contributed by atoms with Crippen molar-refractivity contribution < 1.29 is 4.52 Å². The van der Waals surface area contributed by atoms with E-state index in [0.29, 0.717) is 23.3 Å². The molecule has 118 valence electrons. The third kappa shape index (κ3) is 3.87. The zero-order valence-electron chi connectivity index (χ0n) is 13.0. The Balaban J connectivity index is 1.83. The minimum Gasteiger partial charge on any atom is -0.360 e. The molecule has 3 rings (SSSR count). The van der Waals surface area contributed by atoms with E-state index in [9.17, 15) is 0 Å². The molecule has 0 saturated heterocycles. The van der Waals surface area contributed by atoms with E-state index < -0.39 is 0 Å². The van der Waals surface area contributed by atoms with Crippen LogP contribution in [-0.2, 0) is 0 Å². The normalized spacial score (nSPS) is 10.6. The van der Waals surface area contributed by atoms with Crippen LogP contribution in [0.1, 0.15) is 17.1 Å². The summed E-state index contributed by atoms with van der Waals surface area (Å²) in [5.41, 5.74) is 2.12. The quantitative estimate of drug-likeness (QED) is 0.693. The van der Waals surface area contributed by atoms with Gasteiger partial charge in [-0.25, -0.2) is 9.97 Å². The third-order valence-corrected chi connectivity index (χ3v) is 4.04. The third-order valence-electron chi connectivity index (χ3n) is 3.15. The molecule has 1 aromatic carbocycles. The Morgan fingerprint density at radius 1 is 0.913 bits per heavy atom. The predicted octanol–water partition coefficient (Wildman–Crippen LogP) is 4.64. The van der Waals surface area contributed by atoms with Gasteiger partial charge in [-0.05, 0) is 44.5 Å². The molecule has 7 heteroatoms. The number of rotatable bonds is 4. The highest BCUT2D eigenvalue weighted by Crippen LogP contribution is 2.24. The fraction of sp³-hybridized carbons (Fsp3) is 0.188. The average molecular weight is 374 g/mol. The molecule has 0 fully saturated rings. The van der Waals surface area contributed by atoms with Gasteiger partial charge in [0.25, 0.3) is 0 Å². The molecule has 3 aromatic rings. The van der Waals surface area contributed by atoms with Gasteiger partial charge in [0.15, 0.2) is 5.82 Å². The summed E-state index contributed by atoms with van der Waals surface area (Å²) >= 11 is 3.50. The highest BCUT2D eigenvalue weighted by atomic mass is 79.9. The summed E-state index contributed by atoms with van der Waals surface area (Å²) in [4.78, 5) is 8.77. The molecule has 2 aromatic heterocycles. The van der Waals surface area contributed by atoms with Crippen molar-refractivity contribution in [2.75, 3.05) is 10.6 Å². The van der Waals surface area contributed by atoms with Crippen LogP contribution in [0.15, 0.2) is 39.3 Å². The van der Waals surface area contributed by atoms with E-state index in [0.717, 1.165) is 21.5 Å². The maximum absolute atomic E-state index is 5.04. The molecule has 0 saturated carbocycles. The van der Waals surface area contributed by atoms with Gasteiger partial charge in [-0.15, -0.1) is 0 Å². The molecule has 0 aliphatic carbocycles. The Morgan fingerprint density at radius 2 is 1.65 bits per heavy atom. The first kappa shape index (κ1) is 15.5. The van der Waals surface area contributed by atoms with Crippen molar-refractivity contribution in [3.05, 3.63) is 52.0 Å². The zero-order chi connectivity index (χ0) is 16.4. The van der Waals surface area contributed by atoms with Gasteiger partial charge in [-0.2, -0.15) is 0 Å². The molecule has 0 atom stereocenters. The number of aryl methyl sites for hydroxylation is 3. The van der Waals surface area contributed by atoms with Crippen LogP contribution >= 0.6 is 15.9 Å². The van der Waals surface area contributed by atoms with Gasteiger partial charge in [0.05, 0.1) is 0 Å². The number of anilines is 4. The van der Waals surface area contributed by atoms with E-state index in [1.807, 2.05) is 45.0 Å². The molecule has 23 heavy (non-hydrogen) atoms. The van der Waals surface area contributed by atoms with Crippen LogP contribution in [0.25, 0.3) is 0 Å². The van der Waals surface area contributed by atoms with Crippen LogP contribution in [-0.4, -0.2) is 15.1 Å². The van der Waals surface area contributed by atoms with E-state index >= 15 is 0 Å². The first-order valence-electron chi connectivity index (χ1n) is 7.09. The maximum atomic E-state index is 5.04. The molecule has 0 spiro atoms. The first-order chi connectivity index (χ1) is 11.0. The Labute approximate surface area is 142 Å². The van der Waals surface area contributed by atoms with Crippen LogP contribution < -0.4 is 10.6 Å². The summed E-state index contributed by atoms with van der Waals surface area (Å²) in [6, 6.07) is 9.68. The minimum absolute atomic E-state index is 0.617. The molecule has 6 nitrogen and oxygen atoms in total. The second-order valence-electron chi connectivity index (χ2n) is 5.22. The predicted molar refractivity (Wildman–Crippen MR) is 93.5 cm³/mol. The molecular weight excluding hydrogens is 358 g/mol. The monoisotopic (exact) mass is 373 g/mol. The van der Waals surface area contributed by atoms with Gasteiger partial charge < -0.3 is 15.2 Å². The minimum atomic E-state index is 0.617. The van der Waals surface area contributed by atoms with Gasteiger partial charge in [0.1, 0.15) is 23.2 Å². The summed E-state index contributed by atoms with van der Waals surface area (Å²) in [5.74, 6) is 3.38. The molecule has 2 heterocycles. The molecule has 0 radical (unpaired) electrons. The fourth-order valence-electron chi connectivity index (χ4n) is 2.12. The van der Waals surface area contributed by atoms with Crippen molar-refractivity contribution in [3.63, 3.8) is 0 Å². The Kier molecular flexibility index (Phi) is 4.29. The zero-order valence-corrected chi connectivity index (χ0v) is 14.6. The van der Waals surface area contributed by atoms with Crippen LogP contribution in [0.4, 0.5) is 23.1 Å². The van der Waals surface area contributed by atoms with E-state index in [1.54, 1.807) is 0 Å². The highest BCUT2D eigenvalue weighted by molar-refractivity contribution is 9.10. The van der Waals surface area contributed by atoms with E-state index in [4.69, 9.17) is 4.52 Å². The van der Waals surface area contributed by atoms with Crippen molar-refractivity contribution in [2.24, 2.45) is 0 Å². The molecule has 0 aliphatic heterocycles. The smallest absolute Gasteiger partial charge is 0.175 e. The van der Waals surface area contributed by atoms with Crippen molar-refractivity contribution >= 4 is 39.1 Å². The number of benzene rings is 1. The number of nitrogens with zero attached hydrogens (tertiary/aromatic N) is 3. The van der Waals surface area contributed by atoms with E-state index in [-0.39, 0.29) is 0 Å². The second kappa shape index (κ2) is 6.37. The lowest BCUT2D eigenvalue weighted by atomic mass is 10.2. The van der Waals surface area contributed by atoms with Gasteiger partial charge in [-0.1, -0.05) is 21.1 Å². The molecular formula is C16H16BrN5O. The van der Waals surface area contributed by atoms with E-state index in [1.165, 1.54) is 0 Å². The van der Waals surface area contributed by atoms with Crippen molar-refractivity contribution in [1.82, 2.24) is 15.1 Å². The standard InChI is InChI=1S/C16H16BrN5O/c1-9-6-12(4-5-13(9)17)20-14-8-15(19-11(3)18-14)21-16-7-10(2)23-22-16/h4-8H,1-3H3,(H2,18,19,20,21,22). The summed E-state index contributed by atoms with van der Waals surface area (Å²) in [6.45, 7) is 5.73. The summed E-state index contributed by atoms with van der Waals surface area (Å²) in [6.07, 6.45) is 0. The number of halogens is 1. The fourth-order valence-corrected chi connectivity index (χ4v) is 2.37. The van der Waals surface area contributed by atoms with Crippen LogP contribution in [0.5, 0.6) is 0 Å². The Hall–Kier alpha value is -2.41. The van der Waals surface area contributed by atoms with Gasteiger partial charge in [-0.3, -0.25) is 0 Å². The number of aromatic nitrogens is 3. The number of hydrogen-bond donors (Lipinski definition) is 2.